The second-order valence-corrected chi connectivity index (χ2v) is 9.34. The molecule has 0 aromatic rings. The first-order chi connectivity index (χ1) is 16.9. The normalized spacial score (nSPS) is 11.7. The van der Waals surface area contributed by atoms with Gasteiger partial charge in [-0.2, -0.15) is 0 Å². The van der Waals surface area contributed by atoms with Crippen LogP contribution in [0.3, 0.4) is 0 Å². The molecule has 0 aliphatic rings. The first-order valence-corrected chi connectivity index (χ1v) is 14.0. The lowest BCUT2D eigenvalue weighted by Gasteiger charge is -2.17. The van der Waals surface area contributed by atoms with E-state index in [0.29, 0.717) is 26.1 Å². The number of aliphatic carboxylic acids is 1. The summed E-state index contributed by atoms with van der Waals surface area (Å²) < 4.78 is 0. The molecule has 0 aliphatic heterocycles. The van der Waals surface area contributed by atoms with Gasteiger partial charge in [0.2, 0.25) is 5.91 Å². The quantitative estimate of drug-likeness (QED) is 0.125. The van der Waals surface area contributed by atoms with Gasteiger partial charge in [-0.25, -0.2) is 0 Å². The van der Waals surface area contributed by atoms with E-state index in [1.807, 2.05) is 0 Å². The summed E-state index contributed by atoms with van der Waals surface area (Å²) in [7, 11) is 0. The van der Waals surface area contributed by atoms with Crippen LogP contribution in [0.1, 0.15) is 117 Å². The molecule has 5 N–H and O–H groups in total. The van der Waals surface area contributed by atoms with Crippen molar-refractivity contribution in [1.29, 1.82) is 0 Å². The van der Waals surface area contributed by atoms with Crippen molar-refractivity contribution in [3.8, 4) is 0 Å². The number of aliphatic hydroxyl groups excluding tert-OH is 3. The number of nitrogens with zero attached hydrogens (tertiary/aromatic N) is 1. The topological polar surface area (TPSA) is 130 Å². The molecule has 35 heavy (non-hydrogen) atoms. The number of aliphatic hydroxyl groups is 3. The number of rotatable bonds is 24. The van der Waals surface area contributed by atoms with Crippen molar-refractivity contribution in [1.82, 2.24) is 10.2 Å². The zero-order valence-corrected chi connectivity index (χ0v) is 22.7. The Morgan fingerprint density at radius 1 is 0.657 bits per heavy atom. The predicted molar refractivity (Wildman–Crippen MR) is 142 cm³/mol. The summed E-state index contributed by atoms with van der Waals surface area (Å²) in [5.41, 5.74) is 0. The predicted octanol–water partition coefficient (Wildman–Crippen LogP) is 4.10. The standard InChI is InChI=1S/C21H41NO3.C6H15NO3/c1-3-4-5-6-7-8-9-10-11-12-13-14-15-16-17-18-20(23)22-19(2)21(24)25;8-4-1-7(2-5-9)3-6-10/h19H,3-18H2,1-2H3,(H,22,23)(H,24,25);8-10H,1-6H2/t19-;/m0./s1. The van der Waals surface area contributed by atoms with Crippen LogP contribution in [-0.4, -0.2) is 82.7 Å². The minimum absolute atomic E-state index is 0.0694. The molecular weight excluding hydrogens is 448 g/mol. The fourth-order valence-electron chi connectivity index (χ4n) is 3.79. The largest absolute Gasteiger partial charge is 0.480 e. The Morgan fingerprint density at radius 2 is 1.00 bits per heavy atom. The van der Waals surface area contributed by atoms with E-state index in [1.54, 1.807) is 4.90 Å². The number of carboxylic acids is 1. The molecule has 1 atom stereocenters. The molecule has 0 saturated heterocycles. The summed E-state index contributed by atoms with van der Waals surface area (Å²) in [5.74, 6) is -1.13. The van der Waals surface area contributed by atoms with Crippen molar-refractivity contribution >= 4 is 11.9 Å². The SMILES string of the molecule is CCCCCCCCCCCCCCCCCC(=O)N[C@@H](C)C(=O)O.OCCN(CCO)CCO. The number of amides is 1. The van der Waals surface area contributed by atoms with E-state index in [-0.39, 0.29) is 25.7 Å². The molecule has 210 valence electrons. The van der Waals surface area contributed by atoms with Crippen molar-refractivity contribution in [3.05, 3.63) is 0 Å². The average Bonchev–Trinajstić information content (AvgIpc) is 2.82. The van der Waals surface area contributed by atoms with Gasteiger partial charge in [-0.15, -0.1) is 0 Å². The molecule has 0 unspecified atom stereocenters. The molecule has 8 heteroatoms. The molecule has 0 heterocycles. The van der Waals surface area contributed by atoms with Crippen LogP contribution >= 0.6 is 0 Å². The van der Waals surface area contributed by atoms with Crippen LogP contribution in [0.2, 0.25) is 0 Å². The Hall–Kier alpha value is -1.22. The Kier molecular flexibility index (Phi) is 29.8. The van der Waals surface area contributed by atoms with Gasteiger partial charge in [0.25, 0.3) is 0 Å². The van der Waals surface area contributed by atoms with Crippen molar-refractivity contribution < 1.29 is 30.0 Å². The third-order valence-corrected chi connectivity index (χ3v) is 6.00. The van der Waals surface area contributed by atoms with E-state index in [1.165, 1.54) is 90.4 Å². The average molecular weight is 505 g/mol. The monoisotopic (exact) mass is 504 g/mol. The van der Waals surface area contributed by atoms with E-state index in [0.717, 1.165) is 12.8 Å². The first kappa shape index (κ1) is 35.9. The molecule has 0 bridgehead atoms. The maximum absolute atomic E-state index is 11.5. The van der Waals surface area contributed by atoms with Gasteiger partial charge in [0.15, 0.2) is 0 Å². The van der Waals surface area contributed by atoms with Crippen molar-refractivity contribution in [2.24, 2.45) is 0 Å². The highest BCUT2D eigenvalue weighted by Gasteiger charge is 2.13. The highest BCUT2D eigenvalue weighted by atomic mass is 16.4. The van der Waals surface area contributed by atoms with E-state index in [2.05, 4.69) is 12.2 Å². The van der Waals surface area contributed by atoms with Gasteiger partial charge in [-0.1, -0.05) is 96.8 Å². The van der Waals surface area contributed by atoms with Crippen molar-refractivity contribution in [3.63, 3.8) is 0 Å². The molecule has 0 saturated carbocycles. The second-order valence-electron chi connectivity index (χ2n) is 9.34. The number of carbonyl (C=O) groups excluding carboxylic acids is 1. The number of hydrogen-bond donors (Lipinski definition) is 5. The lowest BCUT2D eigenvalue weighted by atomic mass is 10.0. The summed E-state index contributed by atoms with van der Waals surface area (Å²) >= 11 is 0. The molecule has 0 radical (unpaired) electrons. The highest BCUT2D eigenvalue weighted by Crippen LogP contribution is 2.13. The summed E-state index contributed by atoms with van der Waals surface area (Å²) in [6.07, 6.45) is 20.0. The summed E-state index contributed by atoms with van der Waals surface area (Å²) in [6, 6.07) is -0.788. The molecule has 0 aliphatic carbocycles. The van der Waals surface area contributed by atoms with Crippen LogP contribution in [-0.2, 0) is 9.59 Å². The molecule has 8 nitrogen and oxygen atoms in total. The van der Waals surface area contributed by atoms with Crippen LogP contribution < -0.4 is 5.32 Å². The van der Waals surface area contributed by atoms with E-state index in [4.69, 9.17) is 20.4 Å². The molecule has 1 amide bonds. The second kappa shape index (κ2) is 29.0. The summed E-state index contributed by atoms with van der Waals surface area (Å²) in [5, 5.41) is 36.7. The van der Waals surface area contributed by atoms with Crippen LogP contribution in [0.25, 0.3) is 0 Å². The van der Waals surface area contributed by atoms with Gasteiger partial charge in [0, 0.05) is 26.1 Å². The molecule has 0 aromatic carbocycles. The third-order valence-electron chi connectivity index (χ3n) is 6.00. The van der Waals surface area contributed by atoms with Crippen molar-refractivity contribution in [2.45, 2.75) is 123 Å². The van der Waals surface area contributed by atoms with E-state index < -0.39 is 12.0 Å². The van der Waals surface area contributed by atoms with Gasteiger partial charge < -0.3 is 25.7 Å². The van der Waals surface area contributed by atoms with Crippen LogP contribution in [0.5, 0.6) is 0 Å². The molecular formula is C27H56N2O6. The Labute approximate surface area is 214 Å². The minimum atomic E-state index is -0.982. The van der Waals surface area contributed by atoms with E-state index in [9.17, 15) is 9.59 Å². The zero-order valence-electron chi connectivity index (χ0n) is 22.7. The molecule has 0 aromatic heterocycles. The van der Waals surface area contributed by atoms with E-state index >= 15 is 0 Å². The maximum atomic E-state index is 11.5. The molecule has 0 spiro atoms. The number of carboxylic acid groups (broad SMARTS) is 1. The summed E-state index contributed by atoms with van der Waals surface area (Å²) in [4.78, 5) is 23.9. The number of unbranched alkanes of at least 4 members (excludes halogenated alkanes) is 14. The minimum Gasteiger partial charge on any atom is -0.480 e. The Bertz CT molecular complexity index is 451. The summed E-state index contributed by atoms with van der Waals surface area (Å²) in [6.45, 7) is 5.51. The number of hydrogen-bond acceptors (Lipinski definition) is 6. The zero-order chi connectivity index (χ0) is 26.6. The Morgan fingerprint density at radius 3 is 1.31 bits per heavy atom. The number of carbonyl (C=O) groups is 2. The van der Waals surface area contributed by atoms with Crippen LogP contribution in [0.4, 0.5) is 0 Å². The first-order valence-electron chi connectivity index (χ1n) is 14.0. The van der Waals surface area contributed by atoms with Gasteiger partial charge >= 0.3 is 5.97 Å². The molecule has 0 rings (SSSR count). The van der Waals surface area contributed by atoms with Gasteiger partial charge in [0.05, 0.1) is 19.8 Å². The van der Waals surface area contributed by atoms with Gasteiger partial charge in [0.1, 0.15) is 6.04 Å². The van der Waals surface area contributed by atoms with Crippen LogP contribution in [0, 0.1) is 0 Å². The fourth-order valence-corrected chi connectivity index (χ4v) is 3.79. The maximum Gasteiger partial charge on any atom is 0.325 e. The van der Waals surface area contributed by atoms with Crippen LogP contribution in [0.15, 0.2) is 0 Å². The molecule has 0 fully saturated rings. The Balaban J connectivity index is 0. The van der Waals surface area contributed by atoms with Crippen molar-refractivity contribution in [2.75, 3.05) is 39.5 Å². The fraction of sp³-hybridized carbons (Fsp3) is 0.926. The lowest BCUT2D eigenvalue weighted by Crippen LogP contribution is -2.38. The third kappa shape index (κ3) is 28.9. The number of nitrogens with one attached hydrogen (secondary N) is 1. The smallest absolute Gasteiger partial charge is 0.325 e. The van der Waals surface area contributed by atoms with Gasteiger partial charge in [-0.3, -0.25) is 14.5 Å². The van der Waals surface area contributed by atoms with Gasteiger partial charge in [-0.05, 0) is 13.3 Å². The highest BCUT2D eigenvalue weighted by molar-refractivity contribution is 5.83. The lowest BCUT2D eigenvalue weighted by molar-refractivity contribution is -0.141.